The van der Waals surface area contributed by atoms with E-state index in [1.165, 1.54) is 6.07 Å². The first-order valence-electron chi connectivity index (χ1n) is 3.23. The summed E-state index contributed by atoms with van der Waals surface area (Å²) in [5.41, 5.74) is 1.32. The number of aromatic hydroxyl groups is 1. The maximum absolute atomic E-state index is 9.00. The molecule has 0 bridgehead atoms. The Morgan fingerprint density at radius 3 is 3.08 bits per heavy atom. The van der Waals surface area contributed by atoms with Gasteiger partial charge >= 0.3 is 0 Å². The number of hydrogen-bond acceptors (Lipinski definition) is 3. The van der Waals surface area contributed by atoms with Crippen molar-refractivity contribution in [1.29, 1.82) is 0 Å². The Labute approximate surface area is 83.7 Å². The molecule has 1 aromatic carbocycles. The Morgan fingerprint density at radius 2 is 2.33 bits per heavy atom. The monoisotopic (exact) mass is 332 g/mol. The number of benzene rings is 1. The van der Waals surface area contributed by atoms with Crippen molar-refractivity contribution in [2.24, 2.45) is 0 Å². The number of oxazole rings is 1. The van der Waals surface area contributed by atoms with Crippen LogP contribution in [0.2, 0.25) is 0 Å². The van der Waals surface area contributed by atoms with Crippen LogP contribution in [0.4, 0.5) is 0 Å². The molecule has 1 N–H and O–H groups in total. The largest absolute Gasteiger partial charge is 0.534 e. The van der Waals surface area contributed by atoms with Crippen LogP contribution in [0.3, 0.4) is 0 Å². The molecular formula is C8H6NO2W-. The van der Waals surface area contributed by atoms with E-state index in [-0.39, 0.29) is 26.8 Å². The number of aromatic nitrogens is 1. The van der Waals surface area contributed by atoms with E-state index in [1.807, 2.05) is 0 Å². The van der Waals surface area contributed by atoms with Gasteiger partial charge in [0.1, 0.15) is 0 Å². The van der Waals surface area contributed by atoms with Gasteiger partial charge in [-0.1, -0.05) is 0 Å². The van der Waals surface area contributed by atoms with Crippen LogP contribution in [-0.4, -0.2) is 10.1 Å². The van der Waals surface area contributed by atoms with E-state index >= 15 is 0 Å². The minimum Gasteiger partial charge on any atom is -0.534 e. The Kier molecular flexibility index (Phi) is 2.53. The minimum absolute atomic E-state index is 0. The van der Waals surface area contributed by atoms with Crippen LogP contribution < -0.4 is 0 Å². The molecule has 4 heteroatoms. The zero-order chi connectivity index (χ0) is 7.84. The van der Waals surface area contributed by atoms with Gasteiger partial charge in [0, 0.05) is 44.8 Å². The van der Waals surface area contributed by atoms with Gasteiger partial charge in [-0.2, -0.15) is 0 Å². The van der Waals surface area contributed by atoms with Crippen LogP contribution in [0, 0.1) is 13.0 Å². The average molecular weight is 332 g/mol. The fourth-order valence-corrected chi connectivity index (χ4v) is 0.976. The van der Waals surface area contributed by atoms with Gasteiger partial charge in [-0.05, 0) is 0 Å². The molecule has 3 nitrogen and oxygen atoms in total. The first-order valence-corrected chi connectivity index (χ1v) is 3.23. The van der Waals surface area contributed by atoms with E-state index in [0.29, 0.717) is 17.0 Å². The van der Waals surface area contributed by atoms with Crippen molar-refractivity contribution in [3.8, 4) is 5.75 Å². The molecular weight excluding hydrogens is 326 g/mol. The third kappa shape index (κ3) is 1.51. The summed E-state index contributed by atoms with van der Waals surface area (Å²) in [5.74, 6) is 0.685. The molecule has 0 fully saturated rings. The third-order valence-corrected chi connectivity index (χ3v) is 1.41. The maximum atomic E-state index is 9.00. The van der Waals surface area contributed by atoms with Crippen molar-refractivity contribution in [2.75, 3.05) is 0 Å². The normalized spacial score (nSPS) is 9.75. The van der Waals surface area contributed by atoms with Crippen LogP contribution in [0.5, 0.6) is 5.75 Å². The third-order valence-electron chi connectivity index (χ3n) is 1.41. The average Bonchev–Trinajstić information content (AvgIpc) is 2.27. The maximum Gasteiger partial charge on any atom is 0.176 e. The number of hydrogen-bond donors (Lipinski definition) is 1. The molecule has 2 aromatic rings. The van der Waals surface area contributed by atoms with E-state index in [9.17, 15) is 0 Å². The number of fused-ring (bicyclic) bond motifs is 1. The molecule has 0 radical (unpaired) electrons. The molecule has 0 amide bonds. The number of aryl methyl sites for hydroxylation is 1. The number of nitrogens with zero attached hydrogens (tertiary/aromatic N) is 1. The Morgan fingerprint density at radius 1 is 1.58 bits per heavy atom. The Bertz CT molecular complexity index is 397. The van der Waals surface area contributed by atoms with Crippen LogP contribution in [0.15, 0.2) is 16.5 Å². The van der Waals surface area contributed by atoms with Crippen molar-refractivity contribution in [1.82, 2.24) is 4.98 Å². The van der Waals surface area contributed by atoms with Gasteiger partial charge in [0.2, 0.25) is 0 Å². The van der Waals surface area contributed by atoms with Crippen molar-refractivity contribution in [3.05, 3.63) is 24.1 Å². The van der Waals surface area contributed by atoms with Gasteiger partial charge in [0.05, 0.1) is 0 Å². The van der Waals surface area contributed by atoms with E-state index in [1.54, 1.807) is 13.0 Å². The van der Waals surface area contributed by atoms with Gasteiger partial charge in [-0.3, -0.25) is 0 Å². The molecule has 0 atom stereocenters. The van der Waals surface area contributed by atoms with Crippen LogP contribution in [0.25, 0.3) is 11.1 Å². The second-order valence-electron chi connectivity index (χ2n) is 2.30. The predicted octanol–water partition coefficient (Wildman–Crippen LogP) is 1.64. The van der Waals surface area contributed by atoms with Gasteiger partial charge in [-0.15, -0.1) is 18.2 Å². The van der Waals surface area contributed by atoms with Gasteiger partial charge < -0.3 is 9.52 Å². The summed E-state index contributed by atoms with van der Waals surface area (Å²) in [6.45, 7) is 1.76. The molecule has 1 aromatic heterocycles. The molecule has 0 saturated carbocycles. The van der Waals surface area contributed by atoms with E-state index in [0.717, 1.165) is 0 Å². The summed E-state index contributed by atoms with van der Waals surface area (Å²) >= 11 is 0. The van der Waals surface area contributed by atoms with Crippen LogP contribution in [0.1, 0.15) is 5.89 Å². The predicted molar refractivity (Wildman–Crippen MR) is 39.2 cm³/mol. The van der Waals surface area contributed by atoms with Gasteiger partial charge in [0.25, 0.3) is 0 Å². The molecule has 0 aliphatic carbocycles. The molecule has 62 valence electrons. The summed E-state index contributed by atoms with van der Waals surface area (Å²) < 4.78 is 5.17. The van der Waals surface area contributed by atoms with Crippen LogP contribution >= 0.6 is 0 Å². The Hall–Kier alpha value is -0.822. The number of phenolic OH excluding ortho intramolecular Hbond substituents is 1. The summed E-state index contributed by atoms with van der Waals surface area (Å²) in [6.07, 6.45) is 0. The van der Waals surface area contributed by atoms with E-state index < -0.39 is 0 Å². The number of rotatable bonds is 0. The molecule has 12 heavy (non-hydrogen) atoms. The molecule has 0 spiro atoms. The number of phenols is 1. The first kappa shape index (κ1) is 9.27. The van der Waals surface area contributed by atoms with Gasteiger partial charge in [-0.25, -0.2) is 4.98 Å². The molecule has 0 unspecified atom stereocenters. The van der Waals surface area contributed by atoms with Crippen LogP contribution in [-0.2, 0) is 21.1 Å². The smallest absolute Gasteiger partial charge is 0.176 e. The Balaban J connectivity index is 0.000000720. The zero-order valence-electron chi connectivity index (χ0n) is 6.37. The second kappa shape index (κ2) is 3.28. The van der Waals surface area contributed by atoms with Crippen molar-refractivity contribution >= 4 is 11.1 Å². The fraction of sp³-hybridized carbons (Fsp3) is 0.125. The molecule has 1 heterocycles. The molecule has 0 saturated heterocycles. The van der Waals surface area contributed by atoms with E-state index in [2.05, 4.69) is 11.1 Å². The topological polar surface area (TPSA) is 46.3 Å². The molecule has 0 aliphatic heterocycles. The van der Waals surface area contributed by atoms with E-state index in [4.69, 9.17) is 9.52 Å². The SMILES string of the molecule is Cc1nc2cc(O)[c-]cc2o1.[W]. The van der Waals surface area contributed by atoms with Crippen molar-refractivity contribution in [2.45, 2.75) is 6.92 Å². The zero-order valence-corrected chi connectivity index (χ0v) is 9.30. The summed E-state index contributed by atoms with van der Waals surface area (Å²) in [4.78, 5) is 4.03. The van der Waals surface area contributed by atoms with Crippen molar-refractivity contribution in [3.63, 3.8) is 0 Å². The first-order chi connectivity index (χ1) is 5.25. The molecule has 0 aliphatic rings. The van der Waals surface area contributed by atoms with Gasteiger partial charge in [0.15, 0.2) is 5.89 Å². The summed E-state index contributed by atoms with van der Waals surface area (Å²) in [7, 11) is 0. The standard InChI is InChI=1S/C8H6NO2.W/c1-5-9-7-4-6(10)2-3-8(7)11-5;/h3-4,10H,1H3;/q-1;. The summed E-state index contributed by atoms with van der Waals surface area (Å²) in [5, 5.41) is 9.00. The quantitative estimate of drug-likeness (QED) is 0.746. The fourth-order valence-electron chi connectivity index (χ4n) is 0.976. The summed E-state index contributed by atoms with van der Waals surface area (Å²) in [6, 6.07) is 5.70. The van der Waals surface area contributed by atoms with Crippen molar-refractivity contribution < 1.29 is 30.6 Å². The second-order valence-corrected chi connectivity index (χ2v) is 2.30. The molecule has 2 rings (SSSR count). The minimum atomic E-state index is 0.